The van der Waals surface area contributed by atoms with Crippen molar-refractivity contribution >= 4 is 28.3 Å². The number of piperazine rings is 1. The Morgan fingerprint density at radius 1 is 1.00 bits per heavy atom. The van der Waals surface area contributed by atoms with Gasteiger partial charge in [-0.3, -0.25) is 4.79 Å². The van der Waals surface area contributed by atoms with Gasteiger partial charge in [-0.05, 0) is 32.2 Å². The predicted molar refractivity (Wildman–Crippen MR) is 113 cm³/mol. The first-order valence-corrected chi connectivity index (χ1v) is 9.87. The molecule has 0 aliphatic carbocycles. The number of rotatable bonds is 2. The highest BCUT2D eigenvalue weighted by Gasteiger charge is 2.21. The van der Waals surface area contributed by atoms with E-state index in [0.717, 1.165) is 31.7 Å². The number of likely N-dealkylation sites (N-methyl/N-ethyl adjacent to an activating group) is 1. The molecule has 0 radical (unpaired) electrons. The minimum atomic E-state index is -0.112. The van der Waals surface area contributed by atoms with Crippen LogP contribution in [0.3, 0.4) is 0 Å². The molecule has 5 rings (SSSR count). The number of benzene rings is 1. The first-order chi connectivity index (χ1) is 14.0. The number of halogens is 1. The summed E-state index contributed by atoms with van der Waals surface area (Å²) in [4.78, 5) is 24.8. The molecule has 0 amide bonds. The third-order valence-corrected chi connectivity index (χ3v) is 5.57. The predicted octanol–water partition coefficient (Wildman–Crippen LogP) is 1.95. The van der Waals surface area contributed by atoms with Gasteiger partial charge in [0.05, 0.1) is 16.6 Å². The second-order valence-corrected chi connectivity index (χ2v) is 7.76. The molecule has 1 aliphatic rings. The van der Waals surface area contributed by atoms with Crippen molar-refractivity contribution in [1.82, 2.24) is 29.2 Å². The van der Waals surface area contributed by atoms with Gasteiger partial charge in [-0.25, -0.2) is 9.66 Å². The summed E-state index contributed by atoms with van der Waals surface area (Å²) in [5.74, 6) is 1.07. The highest BCUT2D eigenvalue weighted by atomic mass is 35.5. The van der Waals surface area contributed by atoms with E-state index in [-0.39, 0.29) is 5.56 Å². The Morgan fingerprint density at radius 3 is 2.45 bits per heavy atom. The molecule has 0 spiro atoms. The normalized spacial score (nSPS) is 15.5. The molecule has 0 unspecified atom stereocenters. The first-order valence-electron chi connectivity index (χ1n) is 9.50. The van der Waals surface area contributed by atoms with Crippen LogP contribution in [0.25, 0.3) is 27.9 Å². The minimum absolute atomic E-state index is 0.112. The lowest BCUT2D eigenvalue weighted by atomic mass is 10.1. The van der Waals surface area contributed by atoms with Gasteiger partial charge in [-0.15, -0.1) is 5.10 Å². The molecule has 0 N–H and O–H groups in total. The van der Waals surface area contributed by atoms with Crippen LogP contribution in [0.5, 0.6) is 0 Å². The second kappa shape index (κ2) is 6.82. The highest BCUT2D eigenvalue weighted by molar-refractivity contribution is 6.30. The molecule has 148 valence electrons. The third kappa shape index (κ3) is 3.04. The molecule has 1 aliphatic heterocycles. The number of aryl methyl sites for hydroxylation is 1. The summed E-state index contributed by atoms with van der Waals surface area (Å²) >= 11 is 6.09. The zero-order chi connectivity index (χ0) is 20.1. The zero-order valence-electron chi connectivity index (χ0n) is 16.2. The molecular formula is C20H20ClN7O. The van der Waals surface area contributed by atoms with E-state index >= 15 is 0 Å². The standard InChI is InChI=1S/C20H20ClN7O/c1-13-22-20-23-16-7-8-27(26-11-9-25(2)10-12-26)19(29)17(16)18(28(20)24-13)14-3-5-15(21)6-4-14/h3-8H,9-12H2,1-2H3. The topological polar surface area (TPSA) is 71.6 Å². The lowest BCUT2D eigenvalue weighted by Gasteiger charge is -2.34. The van der Waals surface area contributed by atoms with Gasteiger partial charge in [0.2, 0.25) is 0 Å². The van der Waals surface area contributed by atoms with Crippen molar-refractivity contribution in [1.29, 1.82) is 0 Å². The number of hydrogen-bond acceptors (Lipinski definition) is 6. The average molecular weight is 410 g/mol. The molecule has 1 fully saturated rings. The van der Waals surface area contributed by atoms with Gasteiger partial charge in [-0.2, -0.15) is 9.50 Å². The van der Waals surface area contributed by atoms with E-state index < -0.39 is 0 Å². The van der Waals surface area contributed by atoms with E-state index in [2.05, 4.69) is 32.0 Å². The van der Waals surface area contributed by atoms with Gasteiger partial charge in [0.25, 0.3) is 11.3 Å². The van der Waals surface area contributed by atoms with Crippen LogP contribution in [0.4, 0.5) is 0 Å². The van der Waals surface area contributed by atoms with Gasteiger partial charge >= 0.3 is 0 Å². The molecule has 1 saturated heterocycles. The van der Waals surface area contributed by atoms with Crippen molar-refractivity contribution in [2.75, 3.05) is 38.2 Å². The fraction of sp³-hybridized carbons (Fsp3) is 0.300. The van der Waals surface area contributed by atoms with Crippen LogP contribution >= 0.6 is 11.6 Å². The van der Waals surface area contributed by atoms with Crippen LogP contribution in [-0.2, 0) is 0 Å². The summed E-state index contributed by atoms with van der Waals surface area (Å²) in [5, 5.41) is 7.72. The van der Waals surface area contributed by atoms with Crippen molar-refractivity contribution in [2.24, 2.45) is 0 Å². The number of fused-ring (bicyclic) bond motifs is 2. The monoisotopic (exact) mass is 409 g/mol. The molecule has 1 aromatic carbocycles. The third-order valence-electron chi connectivity index (χ3n) is 5.32. The maximum absolute atomic E-state index is 13.6. The molecule has 4 heterocycles. The van der Waals surface area contributed by atoms with E-state index in [1.165, 1.54) is 0 Å². The maximum Gasteiger partial charge on any atom is 0.280 e. The summed E-state index contributed by atoms with van der Waals surface area (Å²) in [6.45, 7) is 5.21. The van der Waals surface area contributed by atoms with Crippen LogP contribution in [0.1, 0.15) is 5.82 Å². The van der Waals surface area contributed by atoms with Gasteiger partial charge in [0.1, 0.15) is 5.82 Å². The largest absolute Gasteiger partial charge is 0.308 e. The number of pyridine rings is 1. The molecule has 0 saturated carbocycles. The molecule has 4 aromatic rings. The molecule has 9 heteroatoms. The van der Waals surface area contributed by atoms with Crippen molar-refractivity contribution in [3.8, 4) is 11.3 Å². The Morgan fingerprint density at radius 2 is 1.72 bits per heavy atom. The zero-order valence-corrected chi connectivity index (χ0v) is 17.0. The Balaban J connectivity index is 1.81. The molecule has 0 atom stereocenters. The second-order valence-electron chi connectivity index (χ2n) is 7.32. The fourth-order valence-corrected chi connectivity index (χ4v) is 3.91. The molecule has 8 nitrogen and oxygen atoms in total. The molecule has 3 aromatic heterocycles. The van der Waals surface area contributed by atoms with Crippen molar-refractivity contribution in [2.45, 2.75) is 6.92 Å². The summed E-state index contributed by atoms with van der Waals surface area (Å²) in [7, 11) is 2.09. The summed E-state index contributed by atoms with van der Waals surface area (Å²) in [5.41, 5.74) is 2.01. The van der Waals surface area contributed by atoms with E-state index in [1.54, 1.807) is 27.5 Å². The van der Waals surface area contributed by atoms with E-state index in [0.29, 0.717) is 33.2 Å². The Kier molecular flexibility index (Phi) is 4.25. The van der Waals surface area contributed by atoms with Crippen molar-refractivity contribution in [3.63, 3.8) is 0 Å². The first kappa shape index (κ1) is 18.1. The Hall–Kier alpha value is -2.97. The quantitative estimate of drug-likeness (QED) is 0.504. The molecular weight excluding hydrogens is 390 g/mol. The Labute approximate surface area is 171 Å². The van der Waals surface area contributed by atoms with Crippen LogP contribution in [0.2, 0.25) is 5.02 Å². The van der Waals surface area contributed by atoms with Crippen LogP contribution < -0.4 is 10.6 Å². The summed E-state index contributed by atoms with van der Waals surface area (Å²) in [6, 6.07) is 9.26. The minimum Gasteiger partial charge on any atom is -0.308 e. The lowest BCUT2D eigenvalue weighted by molar-refractivity contribution is 0.286. The number of aromatic nitrogens is 5. The maximum atomic E-state index is 13.6. The molecule has 0 bridgehead atoms. The summed E-state index contributed by atoms with van der Waals surface area (Å²) in [6.07, 6.45) is 1.80. The number of hydrogen-bond donors (Lipinski definition) is 0. The van der Waals surface area contributed by atoms with Crippen molar-refractivity contribution < 1.29 is 0 Å². The highest BCUT2D eigenvalue weighted by Crippen LogP contribution is 2.27. The van der Waals surface area contributed by atoms with Crippen LogP contribution in [0, 0.1) is 6.92 Å². The molecule has 29 heavy (non-hydrogen) atoms. The fourth-order valence-electron chi connectivity index (χ4n) is 3.78. The SMILES string of the molecule is Cc1nc2nc3ccn(N4CCN(C)CC4)c(=O)c3c(-c3ccc(Cl)cc3)n2n1. The van der Waals surface area contributed by atoms with Crippen LogP contribution in [0.15, 0.2) is 41.3 Å². The van der Waals surface area contributed by atoms with Gasteiger partial charge in [-0.1, -0.05) is 23.7 Å². The Bertz CT molecular complexity index is 1270. The van der Waals surface area contributed by atoms with Gasteiger partial charge < -0.3 is 9.91 Å². The van der Waals surface area contributed by atoms with E-state index in [1.807, 2.05) is 25.1 Å². The van der Waals surface area contributed by atoms with E-state index in [9.17, 15) is 4.79 Å². The van der Waals surface area contributed by atoms with Crippen molar-refractivity contribution in [3.05, 3.63) is 57.7 Å². The number of nitrogens with zero attached hydrogens (tertiary/aromatic N) is 7. The lowest BCUT2D eigenvalue weighted by Crippen LogP contribution is -2.52. The average Bonchev–Trinajstić information content (AvgIpc) is 3.08. The van der Waals surface area contributed by atoms with Gasteiger partial charge in [0, 0.05) is 43.0 Å². The smallest absolute Gasteiger partial charge is 0.280 e. The summed E-state index contributed by atoms with van der Waals surface area (Å²) < 4.78 is 3.35. The van der Waals surface area contributed by atoms with E-state index in [4.69, 9.17) is 11.6 Å². The van der Waals surface area contributed by atoms with Crippen LogP contribution in [-0.4, -0.2) is 62.4 Å². The van der Waals surface area contributed by atoms with Gasteiger partial charge in [0.15, 0.2) is 0 Å².